The first kappa shape index (κ1) is 25.8. The number of hydrogen-bond acceptors (Lipinski definition) is 2. The molecule has 0 heterocycles. The van der Waals surface area contributed by atoms with Crippen LogP contribution in [-0.2, 0) is 29.0 Å². The van der Waals surface area contributed by atoms with Gasteiger partial charge in [0.25, 0.3) is 0 Å². The second-order valence-corrected chi connectivity index (χ2v) is 9.45. The third kappa shape index (κ3) is 7.61. The minimum Gasteiger partial charge on any atom is -0.352 e. The number of nitrogens with zero attached hydrogens (tertiary/aromatic N) is 1. The summed E-state index contributed by atoms with van der Waals surface area (Å²) in [6, 6.07) is 24.0. The van der Waals surface area contributed by atoms with Crippen LogP contribution >= 0.6 is 23.2 Å². The van der Waals surface area contributed by atoms with Crippen LogP contribution in [0, 0.1) is 0 Å². The number of carbonyl (C=O) groups excluding carboxylic acids is 2. The van der Waals surface area contributed by atoms with Crippen LogP contribution in [0.2, 0.25) is 10.0 Å². The third-order valence-corrected chi connectivity index (χ3v) is 6.15. The minimum absolute atomic E-state index is 0.0404. The highest BCUT2D eigenvalue weighted by Gasteiger charge is 2.30. The van der Waals surface area contributed by atoms with Gasteiger partial charge in [0.1, 0.15) is 6.04 Å². The molecule has 1 atom stereocenters. The Labute approximate surface area is 211 Å². The lowest BCUT2D eigenvalue weighted by Gasteiger charge is -2.32. The van der Waals surface area contributed by atoms with Gasteiger partial charge in [0.05, 0.1) is 0 Å². The van der Waals surface area contributed by atoms with Gasteiger partial charge in [-0.1, -0.05) is 83.9 Å². The van der Waals surface area contributed by atoms with E-state index >= 15 is 0 Å². The molecule has 3 aromatic rings. The molecular weight excluding hydrogens is 467 g/mol. The van der Waals surface area contributed by atoms with E-state index in [1.54, 1.807) is 17.0 Å². The van der Waals surface area contributed by atoms with Crippen molar-refractivity contribution in [1.82, 2.24) is 10.2 Å². The molecule has 3 aromatic carbocycles. The van der Waals surface area contributed by atoms with E-state index in [1.165, 1.54) is 0 Å². The van der Waals surface area contributed by atoms with Crippen LogP contribution in [-0.4, -0.2) is 28.8 Å². The van der Waals surface area contributed by atoms with Crippen molar-refractivity contribution in [3.05, 3.63) is 106 Å². The number of aryl methyl sites for hydroxylation is 1. The summed E-state index contributed by atoms with van der Waals surface area (Å²) in [5.74, 6) is -0.270. The summed E-state index contributed by atoms with van der Waals surface area (Å²) in [4.78, 5) is 28.6. The van der Waals surface area contributed by atoms with Crippen molar-refractivity contribution in [2.75, 3.05) is 0 Å². The molecule has 0 saturated heterocycles. The quantitative estimate of drug-likeness (QED) is 0.369. The topological polar surface area (TPSA) is 49.4 Å². The van der Waals surface area contributed by atoms with Crippen molar-refractivity contribution in [2.24, 2.45) is 0 Å². The molecule has 2 amide bonds. The van der Waals surface area contributed by atoms with Gasteiger partial charge in [-0.3, -0.25) is 9.59 Å². The van der Waals surface area contributed by atoms with Crippen molar-refractivity contribution < 1.29 is 9.59 Å². The Morgan fingerprint density at radius 1 is 0.853 bits per heavy atom. The summed E-state index contributed by atoms with van der Waals surface area (Å²) in [7, 11) is 0. The average molecular weight is 497 g/mol. The first-order valence-electron chi connectivity index (χ1n) is 11.4. The van der Waals surface area contributed by atoms with Crippen molar-refractivity contribution >= 4 is 35.0 Å². The highest BCUT2D eigenvalue weighted by molar-refractivity contribution is 6.31. The van der Waals surface area contributed by atoms with E-state index in [9.17, 15) is 9.59 Å². The molecule has 0 aliphatic rings. The highest BCUT2D eigenvalue weighted by Crippen LogP contribution is 2.20. The Kier molecular flexibility index (Phi) is 9.55. The summed E-state index contributed by atoms with van der Waals surface area (Å²) in [6.07, 6.45) is 1.17. The summed E-state index contributed by atoms with van der Waals surface area (Å²) in [6.45, 7) is 4.14. The van der Waals surface area contributed by atoms with Gasteiger partial charge < -0.3 is 10.2 Å². The van der Waals surface area contributed by atoms with Crippen molar-refractivity contribution in [2.45, 2.75) is 51.7 Å². The van der Waals surface area contributed by atoms with Gasteiger partial charge in [-0.25, -0.2) is 0 Å². The van der Waals surface area contributed by atoms with Crippen molar-refractivity contribution in [1.29, 1.82) is 0 Å². The second kappa shape index (κ2) is 12.6. The number of nitrogens with one attached hydrogen (secondary N) is 1. The predicted octanol–water partition coefficient (Wildman–Crippen LogP) is 6.09. The van der Waals surface area contributed by atoms with E-state index in [0.29, 0.717) is 29.4 Å². The molecule has 0 unspecified atom stereocenters. The fraction of sp³-hybridized carbons (Fsp3) is 0.286. The van der Waals surface area contributed by atoms with Crippen molar-refractivity contribution in [3.63, 3.8) is 0 Å². The van der Waals surface area contributed by atoms with Crippen LogP contribution in [0.3, 0.4) is 0 Å². The Morgan fingerprint density at radius 3 is 2.15 bits per heavy atom. The van der Waals surface area contributed by atoms with E-state index < -0.39 is 6.04 Å². The molecule has 0 fully saturated rings. The molecular formula is C28H30Cl2N2O2. The van der Waals surface area contributed by atoms with Gasteiger partial charge in [0.15, 0.2) is 0 Å². The minimum atomic E-state index is -0.653. The maximum atomic E-state index is 13.6. The summed E-state index contributed by atoms with van der Waals surface area (Å²) in [5, 5.41) is 4.26. The zero-order valence-corrected chi connectivity index (χ0v) is 21.0. The van der Waals surface area contributed by atoms with Crippen LogP contribution in [0.15, 0.2) is 78.9 Å². The molecule has 3 rings (SSSR count). The maximum absolute atomic E-state index is 13.6. The molecule has 0 spiro atoms. The Morgan fingerprint density at radius 2 is 1.50 bits per heavy atom. The monoisotopic (exact) mass is 496 g/mol. The molecule has 6 heteroatoms. The Hall–Kier alpha value is -2.82. The lowest BCUT2D eigenvalue weighted by molar-refractivity contribution is -0.141. The maximum Gasteiger partial charge on any atom is 0.243 e. The molecule has 0 aliphatic carbocycles. The van der Waals surface area contributed by atoms with Crippen LogP contribution in [0.4, 0.5) is 0 Å². The van der Waals surface area contributed by atoms with Gasteiger partial charge in [-0.05, 0) is 55.2 Å². The fourth-order valence-electron chi connectivity index (χ4n) is 3.81. The van der Waals surface area contributed by atoms with Crippen LogP contribution in [0.25, 0.3) is 0 Å². The lowest BCUT2D eigenvalue weighted by Crippen LogP contribution is -2.51. The molecule has 4 nitrogen and oxygen atoms in total. The molecule has 0 saturated carbocycles. The van der Waals surface area contributed by atoms with Crippen molar-refractivity contribution in [3.8, 4) is 0 Å². The van der Waals surface area contributed by atoms with E-state index in [-0.39, 0.29) is 24.3 Å². The number of benzene rings is 3. The molecule has 0 radical (unpaired) electrons. The first-order valence-corrected chi connectivity index (χ1v) is 12.2. The number of carbonyl (C=O) groups is 2. The standard InChI is InChI=1S/C28H30Cl2N2O2/c1-20(2)31-28(34)26(18-21-8-4-3-5-9-21)32(19-22-12-15-24(29)16-13-22)27(33)17-14-23-10-6-7-11-25(23)30/h3-13,15-16,20,26H,14,17-19H2,1-2H3,(H,31,34)/t26-/m1/s1. The molecule has 178 valence electrons. The van der Waals surface area contributed by atoms with Gasteiger partial charge >= 0.3 is 0 Å². The van der Waals surface area contributed by atoms with E-state index in [0.717, 1.165) is 16.7 Å². The predicted molar refractivity (Wildman–Crippen MR) is 139 cm³/mol. The largest absolute Gasteiger partial charge is 0.352 e. The molecule has 0 aliphatic heterocycles. The summed E-state index contributed by atoms with van der Waals surface area (Å²) >= 11 is 12.4. The zero-order valence-electron chi connectivity index (χ0n) is 19.5. The fourth-order valence-corrected chi connectivity index (χ4v) is 4.16. The van der Waals surface area contributed by atoms with E-state index in [2.05, 4.69) is 5.32 Å². The number of amides is 2. The Bertz CT molecular complexity index is 1090. The molecule has 0 aromatic heterocycles. The van der Waals surface area contributed by atoms with Gasteiger partial charge in [-0.2, -0.15) is 0 Å². The van der Waals surface area contributed by atoms with Crippen LogP contribution in [0.1, 0.15) is 37.0 Å². The molecule has 0 bridgehead atoms. The number of rotatable bonds is 10. The second-order valence-electron chi connectivity index (χ2n) is 8.61. The van der Waals surface area contributed by atoms with Gasteiger partial charge in [0, 0.05) is 35.5 Å². The number of hydrogen-bond donors (Lipinski definition) is 1. The third-order valence-electron chi connectivity index (χ3n) is 5.53. The Balaban J connectivity index is 1.91. The van der Waals surface area contributed by atoms with Gasteiger partial charge in [-0.15, -0.1) is 0 Å². The summed E-state index contributed by atoms with van der Waals surface area (Å²) < 4.78 is 0. The molecule has 34 heavy (non-hydrogen) atoms. The number of halogens is 2. The molecule has 1 N–H and O–H groups in total. The van der Waals surface area contributed by atoms with E-state index in [1.807, 2.05) is 80.6 Å². The average Bonchev–Trinajstić information content (AvgIpc) is 2.82. The zero-order chi connectivity index (χ0) is 24.5. The van der Waals surface area contributed by atoms with Crippen LogP contribution < -0.4 is 5.32 Å². The van der Waals surface area contributed by atoms with Gasteiger partial charge in [0.2, 0.25) is 11.8 Å². The van der Waals surface area contributed by atoms with E-state index in [4.69, 9.17) is 23.2 Å². The lowest BCUT2D eigenvalue weighted by atomic mass is 10.0. The summed E-state index contributed by atoms with van der Waals surface area (Å²) in [5.41, 5.74) is 2.81. The van der Waals surface area contributed by atoms with Crippen LogP contribution in [0.5, 0.6) is 0 Å². The SMILES string of the molecule is CC(C)NC(=O)[C@@H](Cc1ccccc1)N(Cc1ccc(Cl)cc1)C(=O)CCc1ccccc1Cl. The normalized spacial score (nSPS) is 11.8. The highest BCUT2D eigenvalue weighted by atomic mass is 35.5. The smallest absolute Gasteiger partial charge is 0.243 e. The first-order chi connectivity index (χ1) is 16.3.